The second-order valence-corrected chi connectivity index (χ2v) is 4.83. The molecule has 1 aromatic rings. The predicted octanol–water partition coefficient (Wildman–Crippen LogP) is 2.47. The van der Waals surface area contributed by atoms with Crippen molar-refractivity contribution in [1.29, 1.82) is 0 Å². The van der Waals surface area contributed by atoms with Gasteiger partial charge < -0.3 is 5.11 Å². The minimum absolute atomic E-state index is 0.398. The van der Waals surface area contributed by atoms with Crippen LogP contribution < -0.4 is 0 Å². The Morgan fingerprint density at radius 1 is 1.50 bits per heavy atom. The largest absolute Gasteiger partial charge is 0.478 e. The Balaban J connectivity index is 2.51. The highest BCUT2D eigenvalue weighted by molar-refractivity contribution is 5.89. The molecular formula is C13H17NO2. The van der Waals surface area contributed by atoms with Gasteiger partial charge in [0, 0.05) is 11.9 Å². The van der Waals surface area contributed by atoms with Crippen LogP contribution in [0.1, 0.15) is 47.4 Å². The SMILES string of the molecule is CC(C)Cc1c(C(=O)O)cnc2c1CCC2. The van der Waals surface area contributed by atoms with Crippen molar-refractivity contribution in [1.82, 2.24) is 4.98 Å². The molecule has 1 aliphatic carbocycles. The van der Waals surface area contributed by atoms with Gasteiger partial charge in [0.1, 0.15) is 0 Å². The minimum Gasteiger partial charge on any atom is -0.478 e. The molecule has 0 bridgehead atoms. The number of hydrogen-bond donors (Lipinski definition) is 1. The van der Waals surface area contributed by atoms with Crippen molar-refractivity contribution in [3.8, 4) is 0 Å². The summed E-state index contributed by atoms with van der Waals surface area (Å²) in [7, 11) is 0. The Morgan fingerprint density at radius 2 is 2.25 bits per heavy atom. The van der Waals surface area contributed by atoms with E-state index in [1.54, 1.807) is 0 Å². The normalized spacial score (nSPS) is 14.2. The van der Waals surface area contributed by atoms with Crippen LogP contribution in [-0.4, -0.2) is 16.1 Å². The summed E-state index contributed by atoms with van der Waals surface area (Å²) in [5, 5.41) is 9.17. The molecule has 0 amide bonds. The maximum absolute atomic E-state index is 11.2. The Morgan fingerprint density at radius 3 is 2.88 bits per heavy atom. The van der Waals surface area contributed by atoms with Crippen LogP contribution in [0.5, 0.6) is 0 Å². The van der Waals surface area contributed by atoms with Crippen molar-refractivity contribution in [3.63, 3.8) is 0 Å². The molecule has 0 unspecified atom stereocenters. The molecule has 0 aromatic carbocycles. The molecule has 0 spiro atoms. The number of carbonyl (C=O) groups is 1. The third-order valence-corrected chi connectivity index (χ3v) is 3.07. The van der Waals surface area contributed by atoms with Crippen LogP contribution in [0.4, 0.5) is 0 Å². The summed E-state index contributed by atoms with van der Waals surface area (Å²) in [6.45, 7) is 4.24. The van der Waals surface area contributed by atoms with Crippen molar-refractivity contribution >= 4 is 5.97 Å². The van der Waals surface area contributed by atoms with Crippen molar-refractivity contribution in [2.24, 2.45) is 5.92 Å². The number of pyridine rings is 1. The monoisotopic (exact) mass is 219 g/mol. The predicted molar refractivity (Wildman–Crippen MR) is 61.8 cm³/mol. The molecule has 1 heterocycles. The van der Waals surface area contributed by atoms with Crippen LogP contribution >= 0.6 is 0 Å². The van der Waals surface area contributed by atoms with Crippen LogP contribution in [0.2, 0.25) is 0 Å². The van der Waals surface area contributed by atoms with Crippen LogP contribution in [0.15, 0.2) is 6.20 Å². The third-order valence-electron chi connectivity index (χ3n) is 3.07. The minimum atomic E-state index is -0.849. The standard InChI is InChI=1S/C13H17NO2/c1-8(2)6-10-9-4-3-5-12(9)14-7-11(10)13(15)16/h7-8H,3-6H2,1-2H3,(H,15,16). The van der Waals surface area contributed by atoms with E-state index in [4.69, 9.17) is 5.11 Å². The number of nitrogens with zero attached hydrogens (tertiary/aromatic N) is 1. The van der Waals surface area contributed by atoms with Crippen molar-refractivity contribution in [2.75, 3.05) is 0 Å². The van der Waals surface area contributed by atoms with E-state index in [2.05, 4.69) is 18.8 Å². The molecular weight excluding hydrogens is 202 g/mol. The molecule has 0 saturated heterocycles. The lowest BCUT2D eigenvalue weighted by Crippen LogP contribution is -2.10. The zero-order valence-electron chi connectivity index (χ0n) is 9.79. The maximum atomic E-state index is 11.2. The summed E-state index contributed by atoms with van der Waals surface area (Å²) in [6.07, 6.45) is 5.47. The van der Waals surface area contributed by atoms with E-state index < -0.39 is 5.97 Å². The van der Waals surface area contributed by atoms with Gasteiger partial charge in [0.05, 0.1) is 5.56 Å². The van der Waals surface area contributed by atoms with E-state index in [0.717, 1.165) is 36.9 Å². The van der Waals surface area contributed by atoms with Gasteiger partial charge in [0.25, 0.3) is 0 Å². The first kappa shape index (κ1) is 11.1. The first-order valence-corrected chi connectivity index (χ1v) is 5.82. The fourth-order valence-electron chi connectivity index (χ4n) is 2.40. The van der Waals surface area contributed by atoms with E-state index in [9.17, 15) is 4.79 Å². The van der Waals surface area contributed by atoms with Gasteiger partial charge in [-0.15, -0.1) is 0 Å². The average molecular weight is 219 g/mol. The summed E-state index contributed by atoms with van der Waals surface area (Å²) >= 11 is 0. The van der Waals surface area contributed by atoms with Crippen LogP contribution in [-0.2, 0) is 19.3 Å². The molecule has 3 nitrogen and oxygen atoms in total. The van der Waals surface area contributed by atoms with Crippen LogP contribution in [0, 0.1) is 5.92 Å². The summed E-state index contributed by atoms with van der Waals surface area (Å²) < 4.78 is 0. The quantitative estimate of drug-likeness (QED) is 0.849. The number of carboxylic acids is 1. The first-order chi connectivity index (χ1) is 7.59. The van der Waals surface area contributed by atoms with E-state index in [-0.39, 0.29) is 0 Å². The zero-order valence-corrected chi connectivity index (χ0v) is 9.79. The molecule has 0 atom stereocenters. The zero-order chi connectivity index (χ0) is 11.7. The van der Waals surface area contributed by atoms with E-state index in [0.29, 0.717) is 11.5 Å². The third kappa shape index (κ3) is 1.94. The number of aromatic carboxylic acids is 1. The molecule has 0 radical (unpaired) electrons. The second-order valence-electron chi connectivity index (χ2n) is 4.83. The van der Waals surface area contributed by atoms with E-state index in [1.165, 1.54) is 11.8 Å². The molecule has 0 saturated carbocycles. The van der Waals surface area contributed by atoms with Crippen molar-refractivity contribution in [3.05, 3.63) is 28.6 Å². The highest BCUT2D eigenvalue weighted by atomic mass is 16.4. The number of hydrogen-bond acceptors (Lipinski definition) is 2. The molecule has 0 fully saturated rings. The Labute approximate surface area is 95.5 Å². The van der Waals surface area contributed by atoms with Gasteiger partial charge in [-0.1, -0.05) is 13.8 Å². The Kier molecular flexibility index (Phi) is 2.95. The lowest BCUT2D eigenvalue weighted by molar-refractivity contribution is 0.0695. The van der Waals surface area contributed by atoms with E-state index >= 15 is 0 Å². The van der Waals surface area contributed by atoms with Crippen molar-refractivity contribution < 1.29 is 9.90 Å². The van der Waals surface area contributed by atoms with Gasteiger partial charge in [-0.2, -0.15) is 0 Å². The van der Waals surface area contributed by atoms with Gasteiger partial charge in [-0.3, -0.25) is 4.98 Å². The molecule has 2 rings (SSSR count). The van der Waals surface area contributed by atoms with Crippen LogP contribution in [0.25, 0.3) is 0 Å². The van der Waals surface area contributed by atoms with Gasteiger partial charge in [-0.25, -0.2) is 4.79 Å². The molecule has 1 N–H and O–H groups in total. The van der Waals surface area contributed by atoms with Gasteiger partial charge >= 0.3 is 5.97 Å². The fourth-order valence-corrected chi connectivity index (χ4v) is 2.40. The summed E-state index contributed by atoms with van der Waals surface area (Å²) in [5.74, 6) is -0.372. The number of rotatable bonds is 3. The summed E-state index contributed by atoms with van der Waals surface area (Å²) in [6, 6.07) is 0. The molecule has 0 aliphatic heterocycles. The molecule has 3 heteroatoms. The number of carboxylic acid groups (broad SMARTS) is 1. The lowest BCUT2D eigenvalue weighted by Gasteiger charge is -2.13. The first-order valence-electron chi connectivity index (χ1n) is 5.82. The second kappa shape index (κ2) is 4.24. The number of fused-ring (bicyclic) bond motifs is 1. The molecule has 16 heavy (non-hydrogen) atoms. The van der Waals surface area contributed by atoms with Gasteiger partial charge in [-0.05, 0) is 42.7 Å². The van der Waals surface area contributed by atoms with E-state index in [1.807, 2.05) is 0 Å². The highest BCUT2D eigenvalue weighted by Crippen LogP contribution is 2.27. The summed E-state index contributed by atoms with van der Waals surface area (Å²) in [5.41, 5.74) is 3.73. The number of aryl methyl sites for hydroxylation is 1. The average Bonchev–Trinajstić information content (AvgIpc) is 2.64. The molecule has 1 aromatic heterocycles. The van der Waals surface area contributed by atoms with Gasteiger partial charge in [0.2, 0.25) is 0 Å². The lowest BCUT2D eigenvalue weighted by atomic mass is 9.94. The summed E-state index contributed by atoms with van der Waals surface area (Å²) in [4.78, 5) is 15.4. The maximum Gasteiger partial charge on any atom is 0.337 e. The fraction of sp³-hybridized carbons (Fsp3) is 0.538. The van der Waals surface area contributed by atoms with Crippen LogP contribution in [0.3, 0.4) is 0 Å². The van der Waals surface area contributed by atoms with Crippen molar-refractivity contribution in [2.45, 2.75) is 39.5 Å². The number of aromatic nitrogens is 1. The molecule has 86 valence electrons. The topological polar surface area (TPSA) is 50.2 Å². The Bertz CT molecular complexity index is 424. The molecule has 1 aliphatic rings. The van der Waals surface area contributed by atoms with Gasteiger partial charge in [0.15, 0.2) is 0 Å². The highest BCUT2D eigenvalue weighted by Gasteiger charge is 2.22. The Hall–Kier alpha value is -1.38. The smallest absolute Gasteiger partial charge is 0.337 e.